The molecule has 0 spiro atoms. The third kappa shape index (κ3) is 3.56. The molecular weight excluding hydrogens is 374 g/mol. The summed E-state index contributed by atoms with van der Waals surface area (Å²) >= 11 is 7.32. The summed E-state index contributed by atoms with van der Waals surface area (Å²) in [7, 11) is 0. The highest BCUT2D eigenvalue weighted by molar-refractivity contribution is 14.1. The van der Waals surface area contributed by atoms with Crippen LogP contribution in [0.2, 0.25) is 0 Å². The van der Waals surface area contributed by atoms with Gasteiger partial charge in [-0.05, 0) is 53.2 Å². The van der Waals surface area contributed by atoms with Crippen molar-refractivity contribution in [2.75, 3.05) is 0 Å². The fraction of sp³-hybridized carbons (Fsp3) is 0.500. The lowest BCUT2D eigenvalue weighted by molar-refractivity contribution is 0.511. The molecule has 19 heavy (non-hydrogen) atoms. The third-order valence-electron chi connectivity index (χ3n) is 3.23. The first-order valence-electron chi connectivity index (χ1n) is 6.56. The van der Waals surface area contributed by atoms with Crippen LogP contribution in [0.3, 0.4) is 0 Å². The van der Waals surface area contributed by atoms with Crippen LogP contribution in [0.5, 0.6) is 0 Å². The number of halogens is 2. The van der Waals surface area contributed by atoms with Crippen LogP contribution in [0.25, 0.3) is 11.0 Å². The Morgan fingerprint density at radius 2 is 2.11 bits per heavy atom. The Balaban J connectivity index is 2.20. The number of hydrogen-bond donors (Lipinski definition) is 1. The van der Waals surface area contributed by atoms with Crippen LogP contribution in [-0.2, 0) is 6.54 Å². The molecule has 104 valence electrons. The fourth-order valence-corrected chi connectivity index (χ4v) is 2.96. The number of nitrogens with zero attached hydrogens (tertiary/aromatic N) is 1. The Kier molecular flexibility index (Phi) is 5.00. The highest BCUT2D eigenvalue weighted by atomic mass is 127. The van der Waals surface area contributed by atoms with Gasteiger partial charge < -0.3 is 9.55 Å². The summed E-state index contributed by atoms with van der Waals surface area (Å²) in [4.78, 5) is 3.15. The summed E-state index contributed by atoms with van der Waals surface area (Å²) < 4.78 is 17.0. The topological polar surface area (TPSA) is 20.7 Å². The van der Waals surface area contributed by atoms with Gasteiger partial charge in [-0.15, -0.1) is 0 Å². The van der Waals surface area contributed by atoms with Gasteiger partial charge in [-0.2, -0.15) is 0 Å². The molecule has 5 heteroatoms. The molecule has 0 saturated heterocycles. The molecule has 0 radical (unpaired) electrons. The predicted molar refractivity (Wildman–Crippen MR) is 88.5 cm³/mol. The highest BCUT2D eigenvalue weighted by Gasteiger charge is 2.08. The van der Waals surface area contributed by atoms with Crippen LogP contribution < -0.4 is 0 Å². The van der Waals surface area contributed by atoms with Gasteiger partial charge in [0, 0.05) is 12.6 Å². The Morgan fingerprint density at radius 3 is 2.79 bits per heavy atom. The summed E-state index contributed by atoms with van der Waals surface area (Å²) in [5.41, 5.74) is 1.78. The maximum Gasteiger partial charge on any atom is 0.178 e. The molecule has 1 aromatic carbocycles. The SMILES string of the molecule is CC(C)CCCCn1c(=S)[nH]c2cc(I)c(F)cc21. The van der Waals surface area contributed by atoms with E-state index in [1.165, 1.54) is 12.8 Å². The normalized spacial score (nSPS) is 11.6. The molecule has 0 aliphatic carbocycles. The van der Waals surface area contributed by atoms with Crippen molar-refractivity contribution in [3.05, 3.63) is 26.3 Å². The molecule has 1 heterocycles. The van der Waals surface area contributed by atoms with Gasteiger partial charge in [0.2, 0.25) is 0 Å². The van der Waals surface area contributed by atoms with Gasteiger partial charge in [-0.3, -0.25) is 0 Å². The zero-order valence-electron chi connectivity index (χ0n) is 11.2. The molecule has 0 aliphatic heterocycles. The summed E-state index contributed by atoms with van der Waals surface area (Å²) in [6, 6.07) is 3.39. The van der Waals surface area contributed by atoms with Crippen molar-refractivity contribution in [3.63, 3.8) is 0 Å². The Hall–Kier alpha value is -0.430. The van der Waals surface area contributed by atoms with Crippen molar-refractivity contribution in [3.8, 4) is 0 Å². The molecule has 0 saturated carbocycles. The van der Waals surface area contributed by atoms with Crippen molar-refractivity contribution in [1.82, 2.24) is 9.55 Å². The molecule has 1 N–H and O–H groups in total. The molecule has 0 aliphatic rings. The fourth-order valence-electron chi connectivity index (χ4n) is 2.20. The highest BCUT2D eigenvalue weighted by Crippen LogP contribution is 2.21. The smallest absolute Gasteiger partial charge is 0.178 e. The van der Waals surface area contributed by atoms with E-state index in [4.69, 9.17) is 12.2 Å². The second-order valence-corrected chi connectivity index (χ2v) is 6.80. The van der Waals surface area contributed by atoms with Crippen molar-refractivity contribution in [2.24, 2.45) is 5.92 Å². The van der Waals surface area contributed by atoms with Crippen LogP contribution in [0.15, 0.2) is 12.1 Å². The number of aryl methyl sites for hydroxylation is 1. The summed E-state index contributed by atoms with van der Waals surface area (Å²) in [5, 5.41) is 0. The van der Waals surface area contributed by atoms with Gasteiger partial charge in [0.15, 0.2) is 4.77 Å². The van der Waals surface area contributed by atoms with Crippen LogP contribution in [0.1, 0.15) is 33.1 Å². The summed E-state index contributed by atoms with van der Waals surface area (Å²) in [6.07, 6.45) is 3.48. The number of hydrogen-bond acceptors (Lipinski definition) is 1. The van der Waals surface area contributed by atoms with E-state index in [1.807, 2.05) is 33.2 Å². The Morgan fingerprint density at radius 1 is 1.37 bits per heavy atom. The quantitative estimate of drug-likeness (QED) is 0.418. The number of benzene rings is 1. The first-order valence-corrected chi connectivity index (χ1v) is 8.05. The standard InChI is InChI=1S/C14H18FIN2S/c1-9(2)5-3-4-6-18-13-7-10(15)11(16)8-12(13)17-14(18)19/h7-9H,3-6H2,1-2H3,(H,17,19). The molecule has 2 nitrogen and oxygen atoms in total. The number of nitrogens with one attached hydrogen (secondary N) is 1. The lowest BCUT2D eigenvalue weighted by atomic mass is 10.1. The van der Waals surface area contributed by atoms with Gasteiger partial charge >= 0.3 is 0 Å². The average molecular weight is 392 g/mol. The number of rotatable bonds is 5. The van der Waals surface area contributed by atoms with Gasteiger partial charge in [-0.25, -0.2) is 4.39 Å². The van der Waals surface area contributed by atoms with Crippen LogP contribution in [-0.4, -0.2) is 9.55 Å². The van der Waals surface area contributed by atoms with Crippen molar-refractivity contribution < 1.29 is 4.39 Å². The van der Waals surface area contributed by atoms with Crippen LogP contribution in [0.4, 0.5) is 4.39 Å². The minimum atomic E-state index is -0.182. The molecule has 0 atom stereocenters. The molecule has 1 aromatic heterocycles. The monoisotopic (exact) mass is 392 g/mol. The largest absolute Gasteiger partial charge is 0.331 e. The molecule has 0 amide bonds. The lowest BCUT2D eigenvalue weighted by Crippen LogP contribution is -1.99. The van der Waals surface area contributed by atoms with E-state index < -0.39 is 0 Å². The molecular formula is C14H18FIN2S. The van der Waals surface area contributed by atoms with Gasteiger partial charge in [0.05, 0.1) is 14.6 Å². The zero-order valence-corrected chi connectivity index (χ0v) is 14.1. The molecule has 0 fully saturated rings. The molecule has 0 bridgehead atoms. The van der Waals surface area contributed by atoms with E-state index >= 15 is 0 Å². The van der Waals surface area contributed by atoms with Crippen LogP contribution in [0, 0.1) is 20.1 Å². The number of aromatic amines is 1. The summed E-state index contributed by atoms with van der Waals surface area (Å²) in [5.74, 6) is 0.549. The van der Waals surface area contributed by atoms with Gasteiger partial charge in [0.1, 0.15) is 5.82 Å². The second kappa shape index (κ2) is 6.35. The number of fused-ring (bicyclic) bond motifs is 1. The average Bonchev–Trinajstić information content (AvgIpc) is 2.61. The Bertz CT molecular complexity index is 630. The maximum atomic E-state index is 13.7. The molecule has 2 aromatic rings. The number of unbranched alkanes of at least 4 members (excludes halogenated alkanes) is 1. The van der Waals surface area contributed by atoms with E-state index in [-0.39, 0.29) is 5.82 Å². The first-order chi connectivity index (χ1) is 8.99. The number of H-pyrrole nitrogens is 1. The minimum Gasteiger partial charge on any atom is -0.331 e. The van der Waals surface area contributed by atoms with Gasteiger partial charge in [-0.1, -0.05) is 26.7 Å². The second-order valence-electron chi connectivity index (χ2n) is 5.25. The van der Waals surface area contributed by atoms with E-state index in [0.717, 1.165) is 29.9 Å². The predicted octanol–water partition coefficient (Wildman–Crippen LogP) is 5.27. The minimum absolute atomic E-state index is 0.182. The lowest BCUT2D eigenvalue weighted by Gasteiger charge is -2.06. The third-order valence-corrected chi connectivity index (χ3v) is 4.38. The zero-order chi connectivity index (χ0) is 14.0. The van der Waals surface area contributed by atoms with Crippen molar-refractivity contribution >= 4 is 45.8 Å². The van der Waals surface area contributed by atoms with Gasteiger partial charge in [0.25, 0.3) is 0 Å². The maximum absolute atomic E-state index is 13.7. The number of imidazole rings is 1. The van der Waals surface area contributed by atoms with Crippen molar-refractivity contribution in [1.29, 1.82) is 0 Å². The van der Waals surface area contributed by atoms with E-state index in [0.29, 0.717) is 8.34 Å². The number of aromatic nitrogens is 2. The van der Waals surface area contributed by atoms with Crippen LogP contribution >= 0.6 is 34.8 Å². The summed E-state index contributed by atoms with van der Waals surface area (Å²) in [6.45, 7) is 5.31. The Labute approximate surface area is 131 Å². The first kappa shape index (κ1) is 15.0. The van der Waals surface area contributed by atoms with Crippen molar-refractivity contribution in [2.45, 2.75) is 39.7 Å². The molecule has 0 unspecified atom stereocenters. The molecule has 2 rings (SSSR count). The van der Waals surface area contributed by atoms with E-state index in [1.54, 1.807) is 6.07 Å². The van der Waals surface area contributed by atoms with E-state index in [2.05, 4.69) is 18.8 Å². The van der Waals surface area contributed by atoms with E-state index in [9.17, 15) is 4.39 Å².